The number of aromatic nitrogens is 4. The van der Waals surface area contributed by atoms with Crippen molar-refractivity contribution < 1.29 is 9.13 Å². The molecule has 0 spiro atoms. The fourth-order valence-corrected chi connectivity index (χ4v) is 2.89. The molecule has 2 heterocycles. The maximum Gasteiger partial charge on any atom is 0.167 e. The summed E-state index contributed by atoms with van der Waals surface area (Å²) in [7, 11) is 1.60. The second kappa shape index (κ2) is 7.13. The minimum atomic E-state index is -0.879. The van der Waals surface area contributed by atoms with Gasteiger partial charge in [0.15, 0.2) is 22.1 Å². The van der Waals surface area contributed by atoms with Crippen LogP contribution < -0.4 is 4.74 Å². The highest BCUT2D eigenvalue weighted by Crippen LogP contribution is 2.28. The Kier molecular flexibility index (Phi) is 4.68. The van der Waals surface area contributed by atoms with Crippen LogP contribution in [0, 0.1) is 5.82 Å². The molecule has 0 saturated carbocycles. The normalized spacial score (nSPS) is 11.3. The van der Waals surface area contributed by atoms with E-state index in [2.05, 4.69) is 15.1 Å². The summed E-state index contributed by atoms with van der Waals surface area (Å²) < 4.78 is 20.0. The Morgan fingerprint density at radius 1 is 0.963 bits per heavy atom. The average molecular weight is 403 g/mol. The first-order chi connectivity index (χ1) is 13.0. The number of hydrogen-bond acceptors (Lipinski definition) is 4. The molecule has 0 unspecified atom stereocenters. The molecule has 0 saturated heterocycles. The molecule has 0 radical (unpaired) electrons. The number of halogens is 3. The highest BCUT2D eigenvalue weighted by Gasteiger charge is 2.17. The third kappa shape index (κ3) is 3.46. The number of fused-ring (bicyclic) bond motifs is 1. The van der Waals surface area contributed by atoms with Gasteiger partial charge in [-0.05, 0) is 48.5 Å². The van der Waals surface area contributed by atoms with Crippen molar-refractivity contribution in [2.45, 2.75) is 4.84 Å². The molecule has 0 amide bonds. The number of nitrogens with zero attached hydrogens (tertiary/aromatic N) is 4. The van der Waals surface area contributed by atoms with Gasteiger partial charge in [-0.3, -0.25) is 0 Å². The summed E-state index contributed by atoms with van der Waals surface area (Å²) in [4.78, 5) is 7.98. The third-order valence-electron chi connectivity index (χ3n) is 4.02. The zero-order valence-electron chi connectivity index (χ0n) is 14.1. The van der Waals surface area contributed by atoms with Gasteiger partial charge in [-0.15, -0.1) is 0 Å². The number of methoxy groups -OCH3 is 1. The fraction of sp³-hybridized carbons (Fsp3) is 0.105. The SMILES string of the molecule is COc1ccc(-c2nc(C(Cl)Cl)nc3cc(-c4ccc(F)cc4)nn23)cc1. The van der Waals surface area contributed by atoms with E-state index < -0.39 is 4.84 Å². The molecule has 0 aliphatic heterocycles. The van der Waals surface area contributed by atoms with E-state index in [-0.39, 0.29) is 11.6 Å². The Bertz CT molecular complexity index is 1100. The highest BCUT2D eigenvalue weighted by atomic mass is 35.5. The van der Waals surface area contributed by atoms with Gasteiger partial charge in [-0.2, -0.15) is 9.61 Å². The summed E-state index contributed by atoms with van der Waals surface area (Å²) >= 11 is 12.0. The molecule has 0 fully saturated rings. The van der Waals surface area contributed by atoms with E-state index in [0.29, 0.717) is 17.2 Å². The molecule has 27 heavy (non-hydrogen) atoms. The van der Waals surface area contributed by atoms with Crippen LogP contribution in [0.2, 0.25) is 0 Å². The summed E-state index contributed by atoms with van der Waals surface area (Å²) in [6.45, 7) is 0. The van der Waals surface area contributed by atoms with Gasteiger partial charge in [0.05, 0.1) is 12.8 Å². The first-order valence-electron chi connectivity index (χ1n) is 8.01. The van der Waals surface area contributed by atoms with Crippen LogP contribution in [0.5, 0.6) is 5.75 Å². The molecule has 136 valence electrons. The standard InChI is InChI=1S/C19H13Cl2FN4O/c1-27-14-8-4-12(5-9-14)19-24-18(17(20)21)23-16-10-15(25-26(16)19)11-2-6-13(22)7-3-11/h2-10,17H,1H3. The molecule has 8 heteroatoms. The van der Waals surface area contributed by atoms with Gasteiger partial charge in [0, 0.05) is 17.2 Å². The lowest BCUT2D eigenvalue weighted by Crippen LogP contribution is -2.05. The molecule has 5 nitrogen and oxygen atoms in total. The molecule has 4 aromatic rings. The smallest absolute Gasteiger partial charge is 0.167 e. The lowest BCUT2D eigenvalue weighted by Gasteiger charge is -2.08. The van der Waals surface area contributed by atoms with Crippen molar-refractivity contribution in [3.63, 3.8) is 0 Å². The number of rotatable bonds is 4. The van der Waals surface area contributed by atoms with E-state index >= 15 is 0 Å². The van der Waals surface area contributed by atoms with Crippen molar-refractivity contribution in [3.05, 3.63) is 66.2 Å². The molecule has 0 aliphatic rings. The zero-order chi connectivity index (χ0) is 19.0. The lowest BCUT2D eigenvalue weighted by atomic mass is 10.1. The van der Waals surface area contributed by atoms with Crippen LogP contribution >= 0.6 is 23.2 Å². The van der Waals surface area contributed by atoms with E-state index in [4.69, 9.17) is 27.9 Å². The van der Waals surface area contributed by atoms with E-state index in [1.165, 1.54) is 12.1 Å². The number of hydrogen-bond donors (Lipinski definition) is 0. The van der Waals surface area contributed by atoms with E-state index in [0.717, 1.165) is 16.9 Å². The van der Waals surface area contributed by atoms with Gasteiger partial charge in [0.25, 0.3) is 0 Å². The predicted molar refractivity (Wildman–Crippen MR) is 103 cm³/mol. The van der Waals surface area contributed by atoms with Gasteiger partial charge < -0.3 is 4.74 Å². The molecule has 0 N–H and O–H groups in total. The minimum absolute atomic E-state index is 0.280. The summed E-state index contributed by atoms with van der Waals surface area (Å²) in [5.41, 5.74) is 2.73. The summed E-state index contributed by atoms with van der Waals surface area (Å²) in [5, 5.41) is 4.58. The quantitative estimate of drug-likeness (QED) is 0.446. The van der Waals surface area contributed by atoms with Gasteiger partial charge in [-0.1, -0.05) is 23.2 Å². The molecular formula is C19H13Cl2FN4O. The molecule has 4 rings (SSSR count). The Labute approximate surface area is 164 Å². The van der Waals surface area contributed by atoms with Crippen molar-refractivity contribution in [1.82, 2.24) is 19.6 Å². The van der Waals surface area contributed by atoms with Crippen molar-refractivity contribution in [2.75, 3.05) is 7.11 Å². The number of benzene rings is 2. The molecule has 0 atom stereocenters. The van der Waals surface area contributed by atoms with Crippen molar-refractivity contribution in [1.29, 1.82) is 0 Å². The lowest BCUT2D eigenvalue weighted by molar-refractivity contribution is 0.415. The van der Waals surface area contributed by atoms with Crippen molar-refractivity contribution >= 4 is 28.8 Å². The van der Waals surface area contributed by atoms with Gasteiger partial charge in [-0.25, -0.2) is 14.4 Å². The average Bonchev–Trinajstić information content (AvgIpc) is 3.12. The number of alkyl halides is 2. The van der Waals surface area contributed by atoms with E-state index in [9.17, 15) is 4.39 Å². The Morgan fingerprint density at radius 2 is 1.63 bits per heavy atom. The highest BCUT2D eigenvalue weighted by molar-refractivity contribution is 6.43. The van der Waals surface area contributed by atoms with Gasteiger partial charge >= 0.3 is 0 Å². The number of ether oxygens (including phenoxy) is 1. The molecule has 2 aromatic heterocycles. The minimum Gasteiger partial charge on any atom is -0.497 e. The Hall–Kier alpha value is -2.70. The summed E-state index contributed by atoms with van der Waals surface area (Å²) in [5.74, 6) is 1.24. The molecule has 2 aromatic carbocycles. The maximum absolute atomic E-state index is 13.2. The molecule has 0 bridgehead atoms. The van der Waals surface area contributed by atoms with Gasteiger partial charge in [0.2, 0.25) is 0 Å². The fourth-order valence-electron chi connectivity index (χ4n) is 2.69. The third-order valence-corrected chi connectivity index (χ3v) is 4.41. The van der Waals surface area contributed by atoms with E-state index in [1.54, 1.807) is 29.8 Å². The van der Waals surface area contributed by atoms with Crippen molar-refractivity contribution in [2.24, 2.45) is 0 Å². The first-order valence-corrected chi connectivity index (χ1v) is 8.88. The van der Waals surface area contributed by atoms with Crippen LogP contribution in [-0.2, 0) is 0 Å². The second-order valence-electron chi connectivity index (χ2n) is 5.74. The zero-order valence-corrected chi connectivity index (χ0v) is 15.6. The summed E-state index contributed by atoms with van der Waals surface area (Å²) in [6.07, 6.45) is 0. The van der Waals surface area contributed by atoms with Crippen LogP contribution in [-0.4, -0.2) is 26.7 Å². The molecular weight excluding hydrogens is 390 g/mol. The van der Waals surface area contributed by atoms with Crippen LogP contribution in [0.1, 0.15) is 10.7 Å². The maximum atomic E-state index is 13.2. The molecule has 0 aliphatic carbocycles. The monoisotopic (exact) mass is 402 g/mol. The topological polar surface area (TPSA) is 52.3 Å². The first kappa shape index (κ1) is 17.7. The summed E-state index contributed by atoms with van der Waals surface area (Å²) in [6, 6.07) is 15.2. The Morgan fingerprint density at radius 3 is 2.26 bits per heavy atom. The van der Waals surface area contributed by atoms with Crippen LogP contribution in [0.4, 0.5) is 4.39 Å². The van der Waals surface area contributed by atoms with Crippen LogP contribution in [0.25, 0.3) is 28.3 Å². The second-order valence-corrected chi connectivity index (χ2v) is 6.84. The van der Waals surface area contributed by atoms with Gasteiger partial charge in [0.1, 0.15) is 11.6 Å². The van der Waals surface area contributed by atoms with Crippen LogP contribution in [0.3, 0.4) is 0 Å². The predicted octanol–water partition coefficient (Wildman–Crippen LogP) is 5.08. The van der Waals surface area contributed by atoms with Crippen LogP contribution in [0.15, 0.2) is 54.6 Å². The largest absolute Gasteiger partial charge is 0.497 e. The van der Waals surface area contributed by atoms with E-state index in [1.807, 2.05) is 24.3 Å². The Balaban J connectivity index is 1.91. The van der Waals surface area contributed by atoms with Crippen molar-refractivity contribution in [3.8, 4) is 28.4 Å².